The van der Waals surface area contributed by atoms with Gasteiger partial charge in [0.15, 0.2) is 5.13 Å². The Labute approximate surface area is 157 Å². The number of aryl methyl sites for hydroxylation is 1. The van der Waals surface area contributed by atoms with Gasteiger partial charge in [-0.1, -0.05) is 36.7 Å². The van der Waals surface area contributed by atoms with Gasteiger partial charge in [0.1, 0.15) is 6.04 Å². The number of hydrogen-bond donors (Lipinski definition) is 1. The van der Waals surface area contributed by atoms with Gasteiger partial charge in [-0.2, -0.15) is 0 Å². The highest BCUT2D eigenvalue weighted by molar-refractivity contribution is 7.22. The van der Waals surface area contributed by atoms with Crippen molar-refractivity contribution < 1.29 is 9.59 Å². The van der Waals surface area contributed by atoms with Crippen LogP contribution in [0.1, 0.15) is 50.5 Å². The van der Waals surface area contributed by atoms with E-state index in [1.807, 2.05) is 24.0 Å². The second-order valence-corrected chi connectivity index (χ2v) is 8.53. The molecule has 1 saturated heterocycles. The lowest BCUT2D eigenvalue weighted by atomic mass is 9.88. The molecular weight excluding hydrogens is 346 g/mol. The van der Waals surface area contributed by atoms with Crippen molar-refractivity contribution in [2.45, 2.75) is 57.9 Å². The van der Waals surface area contributed by atoms with Crippen LogP contribution in [0.2, 0.25) is 0 Å². The molecule has 6 heteroatoms. The number of likely N-dealkylation sites (tertiary alicyclic amines) is 1. The Morgan fingerprint density at radius 1 is 1.15 bits per heavy atom. The largest absolute Gasteiger partial charge is 0.330 e. The zero-order valence-corrected chi connectivity index (χ0v) is 16.0. The molecule has 1 aromatic carbocycles. The third kappa shape index (κ3) is 3.47. The quantitative estimate of drug-likeness (QED) is 0.883. The summed E-state index contributed by atoms with van der Waals surface area (Å²) in [6.45, 7) is 2.75. The van der Waals surface area contributed by atoms with Crippen molar-refractivity contribution in [3.8, 4) is 0 Å². The average Bonchev–Trinajstić information content (AvgIpc) is 3.28. The maximum Gasteiger partial charge on any atom is 0.248 e. The number of carbonyl (C=O) groups excluding carboxylic acids is 2. The van der Waals surface area contributed by atoms with E-state index in [2.05, 4.69) is 16.4 Å². The van der Waals surface area contributed by atoms with Crippen LogP contribution in [0.4, 0.5) is 5.13 Å². The number of thiazole rings is 1. The summed E-state index contributed by atoms with van der Waals surface area (Å²) in [6, 6.07) is 5.73. The molecule has 2 amide bonds. The van der Waals surface area contributed by atoms with E-state index in [0.717, 1.165) is 48.7 Å². The number of carbonyl (C=O) groups is 2. The first-order valence-corrected chi connectivity index (χ1v) is 10.4. The van der Waals surface area contributed by atoms with Crippen LogP contribution < -0.4 is 5.32 Å². The van der Waals surface area contributed by atoms with E-state index in [4.69, 9.17) is 0 Å². The smallest absolute Gasteiger partial charge is 0.248 e. The Morgan fingerprint density at radius 3 is 2.77 bits per heavy atom. The lowest BCUT2D eigenvalue weighted by Crippen LogP contribution is -2.46. The highest BCUT2D eigenvalue weighted by Gasteiger charge is 2.37. The molecule has 1 aromatic heterocycles. The first kappa shape index (κ1) is 17.5. The Hall–Kier alpha value is -1.95. The number of hydrogen-bond acceptors (Lipinski definition) is 4. The number of amides is 2. The molecule has 138 valence electrons. The van der Waals surface area contributed by atoms with E-state index in [0.29, 0.717) is 11.7 Å². The molecule has 2 fully saturated rings. The maximum atomic E-state index is 12.9. The van der Waals surface area contributed by atoms with Gasteiger partial charge < -0.3 is 10.2 Å². The molecule has 0 spiro atoms. The molecule has 2 aliphatic rings. The number of nitrogens with zero attached hydrogens (tertiary/aromatic N) is 2. The van der Waals surface area contributed by atoms with Crippen LogP contribution in [-0.4, -0.2) is 34.3 Å². The lowest BCUT2D eigenvalue weighted by molar-refractivity contribution is -0.141. The van der Waals surface area contributed by atoms with Crippen LogP contribution in [0.5, 0.6) is 0 Å². The van der Waals surface area contributed by atoms with Gasteiger partial charge in [0.05, 0.1) is 10.2 Å². The van der Waals surface area contributed by atoms with E-state index in [1.54, 1.807) is 0 Å². The second-order valence-electron chi connectivity index (χ2n) is 7.50. The molecule has 26 heavy (non-hydrogen) atoms. The van der Waals surface area contributed by atoms with Crippen LogP contribution in [0.3, 0.4) is 0 Å². The van der Waals surface area contributed by atoms with Crippen LogP contribution in [0.15, 0.2) is 18.2 Å². The highest BCUT2D eigenvalue weighted by atomic mass is 32.1. The van der Waals surface area contributed by atoms with Crippen molar-refractivity contribution in [2.75, 3.05) is 11.9 Å². The number of rotatable bonds is 3. The van der Waals surface area contributed by atoms with Crippen molar-refractivity contribution in [2.24, 2.45) is 5.92 Å². The molecule has 5 nitrogen and oxygen atoms in total. The monoisotopic (exact) mass is 371 g/mol. The molecule has 0 bridgehead atoms. The number of aromatic nitrogens is 1. The van der Waals surface area contributed by atoms with E-state index in [1.165, 1.54) is 23.3 Å². The maximum absolute atomic E-state index is 12.9. The first-order valence-electron chi connectivity index (χ1n) is 9.60. The van der Waals surface area contributed by atoms with Crippen molar-refractivity contribution in [1.82, 2.24) is 9.88 Å². The number of anilines is 1. The molecule has 1 unspecified atom stereocenters. The minimum Gasteiger partial charge on any atom is -0.330 e. The lowest BCUT2D eigenvalue weighted by Gasteiger charge is -2.29. The summed E-state index contributed by atoms with van der Waals surface area (Å²) in [5.41, 5.74) is 2.08. The average molecular weight is 372 g/mol. The minimum atomic E-state index is -0.349. The molecular formula is C20H25N3O2S. The summed E-state index contributed by atoms with van der Waals surface area (Å²) in [7, 11) is 0. The predicted molar refractivity (Wildman–Crippen MR) is 104 cm³/mol. The molecule has 2 heterocycles. The fourth-order valence-electron chi connectivity index (χ4n) is 4.16. The van der Waals surface area contributed by atoms with Gasteiger partial charge in [-0.05, 0) is 50.3 Å². The van der Waals surface area contributed by atoms with E-state index in [-0.39, 0.29) is 23.8 Å². The topological polar surface area (TPSA) is 62.3 Å². The van der Waals surface area contributed by atoms with Crippen molar-refractivity contribution in [3.05, 3.63) is 23.8 Å². The molecule has 1 atom stereocenters. The number of nitrogens with one attached hydrogen (secondary N) is 1. The molecule has 1 aliphatic carbocycles. The van der Waals surface area contributed by atoms with E-state index >= 15 is 0 Å². The predicted octanol–water partition coefficient (Wildman–Crippen LogP) is 4.11. The van der Waals surface area contributed by atoms with Crippen molar-refractivity contribution in [3.63, 3.8) is 0 Å². The zero-order chi connectivity index (χ0) is 18.1. The summed E-state index contributed by atoms with van der Waals surface area (Å²) in [4.78, 5) is 32.0. The highest BCUT2D eigenvalue weighted by Crippen LogP contribution is 2.30. The van der Waals surface area contributed by atoms with Gasteiger partial charge >= 0.3 is 0 Å². The van der Waals surface area contributed by atoms with E-state index in [9.17, 15) is 9.59 Å². The molecule has 0 radical (unpaired) electrons. The Balaban J connectivity index is 1.46. The molecule has 1 N–H and O–H groups in total. The van der Waals surface area contributed by atoms with E-state index < -0.39 is 0 Å². The normalized spacial score (nSPS) is 21.3. The summed E-state index contributed by atoms with van der Waals surface area (Å²) in [6.07, 6.45) is 7.08. The molecule has 1 saturated carbocycles. The van der Waals surface area contributed by atoms with Gasteiger partial charge in [0.25, 0.3) is 0 Å². The zero-order valence-electron chi connectivity index (χ0n) is 15.2. The second kappa shape index (κ2) is 7.35. The van der Waals surface area contributed by atoms with Gasteiger partial charge in [-0.3, -0.25) is 9.59 Å². The van der Waals surface area contributed by atoms with Crippen molar-refractivity contribution >= 4 is 38.5 Å². The SMILES string of the molecule is Cc1ccc2nc(NC(=O)C3CCCN3C(=O)C3CCCCC3)sc2c1. The molecule has 4 rings (SSSR count). The Kier molecular flexibility index (Phi) is 4.94. The minimum absolute atomic E-state index is 0.0950. The van der Waals surface area contributed by atoms with Gasteiger partial charge in [0.2, 0.25) is 11.8 Å². The van der Waals surface area contributed by atoms with Crippen LogP contribution in [0, 0.1) is 12.8 Å². The number of benzene rings is 1. The third-order valence-corrected chi connectivity index (χ3v) is 6.50. The van der Waals surface area contributed by atoms with Crippen LogP contribution >= 0.6 is 11.3 Å². The van der Waals surface area contributed by atoms with Gasteiger partial charge in [-0.15, -0.1) is 0 Å². The summed E-state index contributed by atoms with van der Waals surface area (Å²) < 4.78 is 1.07. The van der Waals surface area contributed by atoms with Gasteiger partial charge in [0, 0.05) is 12.5 Å². The molecule has 2 aromatic rings. The first-order chi connectivity index (χ1) is 12.6. The van der Waals surface area contributed by atoms with Crippen LogP contribution in [0.25, 0.3) is 10.2 Å². The third-order valence-electron chi connectivity index (χ3n) is 5.57. The summed E-state index contributed by atoms with van der Waals surface area (Å²) in [5.74, 6) is 0.201. The fourth-order valence-corrected chi connectivity index (χ4v) is 5.13. The van der Waals surface area contributed by atoms with Crippen molar-refractivity contribution in [1.29, 1.82) is 0 Å². The standard InChI is InChI=1S/C20H25N3O2S/c1-13-9-10-15-17(12-13)26-20(21-15)22-18(24)16-8-5-11-23(16)19(25)14-6-3-2-4-7-14/h9-10,12,14,16H,2-8,11H2,1H3,(H,21,22,24). The Bertz CT molecular complexity index is 826. The molecule has 1 aliphatic heterocycles. The summed E-state index contributed by atoms with van der Waals surface area (Å²) >= 11 is 1.49. The fraction of sp³-hybridized carbons (Fsp3) is 0.550. The van der Waals surface area contributed by atoms with Gasteiger partial charge in [-0.25, -0.2) is 4.98 Å². The number of fused-ring (bicyclic) bond motifs is 1. The van der Waals surface area contributed by atoms with Crippen LogP contribution in [-0.2, 0) is 9.59 Å². The Morgan fingerprint density at radius 2 is 1.96 bits per heavy atom. The summed E-state index contributed by atoms with van der Waals surface area (Å²) in [5, 5.41) is 3.57.